The van der Waals surface area contributed by atoms with Crippen molar-refractivity contribution in [3.8, 4) is 0 Å². The van der Waals surface area contributed by atoms with Crippen molar-refractivity contribution >= 4 is 33.9 Å². The topological polar surface area (TPSA) is 85.1 Å². The Labute approximate surface area is 106 Å². The summed E-state index contributed by atoms with van der Waals surface area (Å²) in [4.78, 5) is 14.0. The van der Waals surface area contributed by atoms with Gasteiger partial charge in [0.15, 0.2) is 0 Å². The number of rotatable bonds is 5. The number of nitro groups is 1. The van der Waals surface area contributed by atoms with Gasteiger partial charge >= 0.3 is 0 Å². The number of pyridine rings is 1. The van der Waals surface area contributed by atoms with Crippen molar-refractivity contribution in [3.63, 3.8) is 0 Å². The molecule has 2 atom stereocenters. The lowest BCUT2D eigenvalue weighted by Crippen LogP contribution is -2.22. The first-order valence-electron chi connectivity index (χ1n) is 4.77. The monoisotopic (exact) mass is 277 g/mol. The summed E-state index contributed by atoms with van der Waals surface area (Å²) in [7, 11) is -0.946. The Morgan fingerprint density at radius 1 is 1.65 bits per heavy atom. The quantitative estimate of drug-likeness (QED) is 0.504. The zero-order valence-electron chi connectivity index (χ0n) is 9.34. The van der Waals surface area contributed by atoms with Crippen molar-refractivity contribution in [3.05, 3.63) is 27.4 Å². The fourth-order valence-corrected chi connectivity index (χ4v) is 2.30. The number of halogens is 1. The van der Waals surface area contributed by atoms with E-state index in [1.54, 1.807) is 6.26 Å². The van der Waals surface area contributed by atoms with Crippen LogP contribution < -0.4 is 5.32 Å². The molecule has 0 aliphatic carbocycles. The molecule has 1 N–H and O–H groups in total. The van der Waals surface area contributed by atoms with Gasteiger partial charge < -0.3 is 5.32 Å². The summed E-state index contributed by atoms with van der Waals surface area (Å²) in [5.41, 5.74) is -0.127. The third-order valence-corrected chi connectivity index (χ3v) is 3.03. The zero-order valence-corrected chi connectivity index (χ0v) is 10.9. The Hall–Kier alpha value is -1.21. The highest BCUT2D eigenvalue weighted by Crippen LogP contribution is 2.20. The molecule has 0 radical (unpaired) electrons. The number of nitrogens with zero attached hydrogens (tertiary/aromatic N) is 2. The number of nitrogens with one attached hydrogen (secondary N) is 1. The Morgan fingerprint density at radius 3 is 2.82 bits per heavy atom. The lowest BCUT2D eigenvalue weighted by atomic mass is 10.3. The van der Waals surface area contributed by atoms with Gasteiger partial charge in [-0.25, -0.2) is 4.98 Å². The summed E-state index contributed by atoms with van der Waals surface area (Å²) in [5, 5.41) is 13.6. The minimum Gasteiger partial charge on any atom is -0.366 e. The number of aromatic nitrogens is 1. The molecule has 0 fully saturated rings. The van der Waals surface area contributed by atoms with E-state index >= 15 is 0 Å². The summed E-state index contributed by atoms with van der Waals surface area (Å²) in [6.07, 6.45) is 1.59. The van der Waals surface area contributed by atoms with E-state index in [4.69, 9.17) is 11.6 Å². The van der Waals surface area contributed by atoms with E-state index in [1.807, 2.05) is 6.92 Å². The molecule has 0 saturated heterocycles. The van der Waals surface area contributed by atoms with Gasteiger partial charge in [0.1, 0.15) is 11.0 Å². The molecule has 17 heavy (non-hydrogen) atoms. The van der Waals surface area contributed by atoms with Gasteiger partial charge in [-0.05, 0) is 6.92 Å². The lowest BCUT2D eigenvalue weighted by molar-refractivity contribution is -0.384. The Morgan fingerprint density at radius 2 is 2.29 bits per heavy atom. The van der Waals surface area contributed by atoms with Crippen LogP contribution in [0.1, 0.15) is 6.92 Å². The molecule has 6 nitrogen and oxygen atoms in total. The van der Waals surface area contributed by atoms with Crippen LogP contribution in [0.2, 0.25) is 5.15 Å². The second-order valence-electron chi connectivity index (χ2n) is 3.58. The second kappa shape index (κ2) is 5.92. The number of hydrogen-bond donors (Lipinski definition) is 1. The van der Waals surface area contributed by atoms with Gasteiger partial charge in [-0.2, -0.15) is 0 Å². The van der Waals surface area contributed by atoms with Crippen LogP contribution in [0, 0.1) is 10.1 Å². The van der Waals surface area contributed by atoms with Crippen LogP contribution in [0.5, 0.6) is 0 Å². The van der Waals surface area contributed by atoms with Gasteiger partial charge in [-0.3, -0.25) is 14.3 Å². The highest BCUT2D eigenvalue weighted by molar-refractivity contribution is 7.84. The van der Waals surface area contributed by atoms with E-state index in [1.165, 1.54) is 12.1 Å². The number of hydrogen-bond acceptors (Lipinski definition) is 5. The summed E-state index contributed by atoms with van der Waals surface area (Å²) >= 11 is 5.67. The highest BCUT2D eigenvalue weighted by atomic mass is 35.5. The predicted molar refractivity (Wildman–Crippen MR) is 67.9 cm³/mol. The molecule has 2 unspecified atom stereocenters. The van der Waals surface area contributed by atoms with Gasteiger partial charge in [-0.1, -0.05) is 11.6 Å². The third-order valence-electron chi connectivity index (χ3n) is 1.87. The average Bonchev–Trinajstić information content (AvgIpc) is 2.14. The van der Waals surface area contributed by atoms with Crippen LogP contribution >= 0.6 is 11.6 Å². The van der Waals surface area contributed by atoms with Crippen molar-refractivity contribution in [2.45, 2.75) is 13.0 Å². The summed E-state index contributed by atoms with van der Waals surface area (Å²) in [5.74, 6) is 0.740. The molecule has 1 heterocycles. The lowest BCUT2D eigenvalue weighted by Gasteiger charge is -2.12. The van der Waals surface area contributed by atoms with Gasteiger partial charge in [0.25, 0.3) is 5.69 Å². The Balaban J connectivity index is 2.84. The molecule has 1 aromatic heterocycles. The van der Waals surface area contributed by atoms with E-state index in [9.17, 15) is 14.3 Å². The molecule has 0 aliphatic rings. The molecule has 0 bridgehead atoms. The molecule has 0 amide bonds. The molecular weight excluding hydrogens is 266 g/mol. The first-order valence-corrected chi connectivity index (χ1v) is 6.87. The van der Waals surface area contributed by atoms with Crippen LogP contribution in [-0.2, 0) is 10.8 Å². The van der Waals surface area contributed by atoms with E-state index in [2.05, 4.69) is 10.3 Å². The smallest absolute Gasteiger partial charge is 0.276 e. The van der Waals surface area contributed by atoms with E-state index in [-0.39, 0.29) is 16.9 Å². The first-order chi connectivity index (χ1) is 7.88. The molecule has 94 valence electrons. The molecule has 0 aromatic carbocycles. The molecule has 0 spiro atoms. The van der Waals surface area contributed by atoms with Crippen molar-refractivity contribution in [2.24, 2.45) is 0 Å². The van der Waals surface area contributed by atoms with Crippen LogP contribution in [0.15, 0.2) is 12.1 Å². The fraction of sp³-hybridized carbons (Fsp3) is 0.444. The Kier molecular flexibility index (Phi) is 4.83. The van der Waals surface area contributed by atoms with Crippen LogP contribution in [0.25, 0.3) is 0 Å². The van der Waals surface area contributed by atoms with Crippen molar-refractivity contribution in [1.82, 2.24) is 4.98 Å². The SMILES string of the molecule is CC(CS(C)=O)Nc1cc([N+](=O)[O-])cc(Cl)n1. The minimum atomic E-state index is -0.946. The summed E-state index contributed by atoms with van der Waals surface area (Å²) in [6.45, 7) is 1.82. The molecule has 1 rings (SSSR count). The first kappa shape index (κ1) is 13.9. The number of anilines is 1. The van der Waals surface area contributed by atoms with E-state index in [0.717, 1.165) is 0 Å². The zero-order chi connectivity index (χ0) is 13.0. The van der Waals surface area contributed by atoms with Crippen LogP contribution in [0.4, 0.5) is 11.5 Å². The maximum absolute atomic E-state index is 11.0. The van der Waals surface area contributed by atoms with Crippen molar-refractivity contribution in [1.29, 1.82) is 0 Å². The van der Waals surface area contributed by atoms with E-state index < -0.39 is 15.7 Å². The maximum atomic E-state index is 11.0. The van der Waals surface area contributed by atoms with E-state index in [0.29, 0.717) is 11.6 Å². The molecular formula is C9H12ClN3O3S. The molecule has 0 aliphatic heterocycles. The predicted octanol–water partition coefficient (Wildman–Crippen LogP) is 1.82. The van der Waals surface area contributed by atoms with Gasteiger partial charge in [0.05, 0.1) is 17.1 Å². The third kappa shape index (κ3) is 4.66. The summed E-state index contributed by atoms with van der Waals surface area (Å²) in [6, 6.07) is 2.36. The minimum absolute atomic E-state index is 0.0477. The van der Waals surface area contributed by atoms with Gasteiger partial charge in [0, 0.05) is 28.9 Å². The van der Waals surface area contributed by atoms with Gasteiger partial charge in [0.2, 0.25) is 0 Å². The van der Waals surface area contributed by atoms with Crippen LogP contribution in [-0.4, -0.2) is 32.2 Å². The average molecular weight is 278 g/mol. The Bertz CT molecular complexity index is 455. The maximum Gasteiger partial charge on any atom is 0.276 e. The fourth-order valence-electron chi connectivity index (χ4n) is 1.31. The van der Waals surface area contributed by atoms with Crippen LogP contribution in [0.3, 0.4) is 0 Å². The van der Waals surface area contributed by atoms with Gasteiger partial charge in [-0.15, -0.1) is 0 Å². The van der Waals surface area contributed by atoms with Crippen molar-refractivity contribution < 1.29 is 9.13 Å². The second-order valence-corrected chi connectivity index (χ2v) is 5.44. The highest BCUT2D eigenvalue weighted by Gasteiger charge is 2.12. The normalized spacial score (nSPS) is 14.1. The summed E-state index contributed by atoms with van der Waals surface area (Å²) < 4.78 is 11.0. The molecule has 8 heteroatoms. The van der Waals surface area contributed by atoms with Crippen molar-refractivity contribution in [2.75, 3.05) is 17.3 Å². The standard InChI is InChI=1S/C9H12ClN3O3S/c1-6(5-17(2)16)11-9-4-7(13(14)15)3-8(10)12-9/h3-4,6H,5H2,1-2H3,(H,11,12). The largest absolute Gasteiger partial charge is 0.366 e. The molecule has 1 aromatic rings. The molecule has 0 saturated carbocycles.